The number of hydrogen-bond acceptors (Lipinski definition) is 4. The molecule has 0 saturated heterocycles. The maximum absolute atomic E-state index is 12.4. The van der Waals surface area contributed by atoms with E-state index >= 15 is 0 Å². The molecular weight excluding hydrogens is 256 g/mol. The number of halogens is 2. The van der Waals surface area contributed by atoms with Gasteiger partial charge in [-0.15, -0.1) is 0 Å². The van der Waals surface area contributed by atoms with Crippen LogP contribution in [0.3, 0.4) is 0 Å². The molecule has 0 aliphatic carbocycles. The van der Waals surface area contributed by atoms with Gasteiger partial charge in [0, 0.05) is 24.7 Å². The summed E-state index contributed by atoms with van der Waals surface area (Å²) >= 11 is 0. The van der Waals surface area contributed by atoms with Gasteiger partial charge in [-0.05, 0) is 5.41 Å². The highest BCUT2D eigenvalue weighted by atomic mass is 19.3. The average molecular weight is 273 g/mol. The van der Waals surface area contributed by atoms with Gasteiger partial charge in [-0.25, -0.2) is 18.7 Å². The van der Waals surface area contributed by atoms with Gasteiger partial charge in [0.15, 0.2) is 0 Å². The van der Waals surface area contributed by atoms with Crippen molar-refractivity contribution in [3.8, 4) is 0 Å². The molecule has 0 aliphatic rings. The zero-order chi connectivity index (χ0) is 14.5. The van der Waals surface area contributed by atoms with Crippen LogP contribution in [0.15, 0.2) is 12.5 Å². The topological polar surface area (TPSA) is 75.1 Å². The Kier molecular flexibility index (Phi) is 5.14. The van der Waals surface area contributed by atoms with Crippen molar-refractivity contribution in [2.75, 3.05) is 11.9 Å². The summed E-state index contributed by atoms with van der Waals surface area (Å²) in [5.74, 6) is -0.621. The number of aliphatic carboxylic acids is 1. The van der Waals surface area contributed by atoms with Crippen LogP contribution < -0.4 is 5.32 Å². The Hall–Kier alpha value is -1.79. The van der Waals surface area contributed by atoms with Gasteiger partial charge in [-0.3, -0.25) is 4.79 Å². The zero-order valence-corrected chi connectivity index (χ0v) is 10.9. The number of carboxylic acids is 1. The molecule has 0 fully saturated rings. The number of anilines is 1. The molecule has 0 amide bonds. The molecule has 1 aromatic heterocycles. The van der Waals surface area contributed by atoms with Crippen molar-refractivity contribution in [1.29, 1.82) is 0 Å². The van der Waals surface area contributed by atoms with Crippen LogP contribution in [0.5, 0.6) is 0 Å². The lowest BCUT2D eigenvalue weighted by Gasteiger charge is -2.25. The van der Waals surface area contributed by atoms with Crippen molar-refractivity contribution in [3.05, 3.63) is 18.1 Å². The molecule has 0 unspecified atom stereocenters. The van der Waals surface area contributed by atoms with E-state index in [4.69, 9.17) is 5.11 Å². The summed E-state index contributed by atoms with van der Waals surface area (Å²) in [6.07, 6.45) is -0.129. The van der Waals surface area contributed by atoms with E-state index in [1.165, 1.54) is 12.5 Å². The number of nitrogens with zero attached hydrogens (tertiary/aromatic N) is 2. The van der Waals surface area contributed by atoms with Crippen molar-refractivity contribution in [1.82, 2.24) is 9.97 Å². The lowest BCUT2D eigenvalue weighted by molar-refractivity contribution is -0.136. The third-order valence-electron chi connectivity index (χ3n) is 2.57. The maximum atomic E-state index is 12.4. The Morgan fingerprint density at radius 3 is 2.79 bits per heavy atom. The van der Waals surface area contributed by atoms with E-state index in [1.807, 2.05) is 0 Å². The van der Waals surface area contributed by atoms with Crippen LogP contribution in [0.25, 0.3) is 0 Å². The summed E-state index contributed by atoms with van der Waals surface area (Å²) in [6, 6.07) is 0. The summed E-state index contributed by atoms with van der Waals surface area (Å²) in [5.41, 5.74) is -0.178. The van der Waals surface area contributed by atoms with Gasteiger partial charge in [0.2, 0.25) is 6.43 Å². The number of hydrogen-bond donors (Lipinski definition) is 2. The molecule has 0 atom stereocenters. The van der Waals surface area contributed by atoms with Crippen molar-refractivity contribution in [3.63, 3.8) is 0 Å². The lowest BCUT2D eigenvalue weighted by atomic mass is 9.89. The summed E-state index contributed by atoms with van der Waals surface area (Å²) in [4.78, 5) is 18.4. The number of rotatable bonds is 7. The second-order valence-corrected chi connectivity index (χ2v) is 5.08. The molecule has 0 saturated carbocycles. The SMILES string of the molecule is CC(C)(CNc1ncncc1CC(=O)O)CC(F)F. The molecule has 2 N–H and O–H groups in total. The van der Waals surface area contributed by atoms with Crippen LogP contribution in [-0.4, -0.2) is 34.0 Å². The third-order valence-corrected chi connectivity index (χ3v) is 2.57. The highest BCUT2D eigenvalue weighted by molar-refractivity contribution is 5.72. The van der Waals surface area contributed by atoms with Crippen molar-refractivity contribution in [2.45, 2.75) is 33.1 Å². The number of carbonyl (C=O) groups is 1. The number of nitrogens with one attached hydrogen (secondary N) is 1. The van der Waals surface area contributed by atoms with Gasteiger partial charge in [0.05, 0.1) is 6.42 Å². The van der Waals surface area contributed by atoms with E-state index in [9.17, 15) is 13.6 Å². The van der Waals surface area contributed by atoms with Crippen molar-refractivity contribution >= 4 is 11.8 Å². The summed E-state index contributed by atoms with van der Waals surface area (Å²) in [7, 11) is 0. The second-order valence-electron chi connectivity index (χ2n) is 5.08. The highest BCUT2D eigenvalue weighted by Gasteiger charge is 2.23. The molecule has 0 spiro atoms. The van der Waals surface area contributed by atoms with E-state index in [-0.39, 0.29) is 19.4 Å². The normalized spacial score (nSPS) is 11.6. The number of carboxylic acid groups (broad SMARTS) is 1. The van der Waals surface area contributed by atoms with Crippen LogP contribution in [-0.2, 0) is 11.2 Å². The molecule has 7 heteroatoms. The minimum absolute atomic E-state index is 0.210. The smallest absolute Gasteiger partial charge is 0.308 e. The average Bonchev–Trinajstić information content (AvgIpc) is 2.25. The van der Waals surface area contributed by atoms with Crippen LogP contribution in [0.1, 0.15) is 25.8 Å². The van der Waals surface area contributed by atoms with E-state index in [0.29, 0.717) is 11.4 Å². The second kappa shape index (κ2) is 6.40. The molecule has 1 heterocycles. The summed E-state index contributed by atoms with van der Waals surface area (Å²) < 4.78 is 24.8. The van der Waals surface area contributed by atoms with Gasteiger partial charge in [-0.1, -0.05) is 13.8 Å². The van der Waals surface area contributed by atoms with Gasteiger partial charge in [0.1, 0.15) is 12.1 Å². The molecule has 1 rings (SSSR count). The number of alkyl halides is 2. The fraction of sp³-hybridized carbons (Fsp3) is 0.583. The predicted molar refractivity (Wildman–Crippen MR) is 66.3 cm³/mol. The van der Waals surface area contributed by atoms with Crippen LogP contribution >= 0.6 is 0 Å². The zero-order valence-electron chi connectivity index (χ0n) is 10.9. The van der Waals surface area contributed by atoms with E-state index in [0.717, 1.165) is 0 Å². The van der Waals surface area contributed by atoms with Gasteiger partial charge in [0.25, 0.3) is 0 Å². The first-order valence-corrected chi connectivity index (χ1v) is 5.83. The first-order chi connectivity index (χ1) is 8.80. The first-order valence-electron chi connectivity index (χ1n) is 5.83. The van der Waals surface area contributed by atoms with Crippen LogP contribution in [0, 0.1) is 5.41 Å². The Labute approximate surface area is 110 Å². The van der Waals surface area contributed by atoms with E-state index < -0.39 is 17.8 Å². The molecule has 5 nitrogen and oxygen atoms in total. The first kappa shape index (κ1) is 15.3. The highest BCUT2D eigenvalue weighted by Crippen LogP contribution is 2.25. The Bertz CT molecular complexity index is 439. The van der Waals surface area contributed by atoms with Crippen molar-refractivity contribution < 1.29 is 18.7 Å². The van der Waals surface area contributed by atoms with Gasteiger partial charge in [-0.2, -0.15) is 0 Å². The molecular formula is C12H17F2N3O2. The Morgan fingerprint density at radius 2 is 2.21 bits per heavy atom. The minimum Gasteiger partial charge on any atom is -0.481 e. The third kappa shape index (κ3) is 5.58. The largest absolute Gasteiger partial charge is 0.481 e. The molecule has 0 radical (unpaired) electrons. The van der Waals surface area contributed by atoms with E-state index in [2.05, 4.69) is 15.3 Å². The van der Waals surface area contributed by atoms with E-state index in [1.54, 1.807) is 13.8 Å². The van der Waals surface area contributed by atoms with Crippen LogP contribution in [0.2, 0.25) is 0 Å². The van der Waals surface area contributed by atoms with Gasteiger partial charge < -0.3 is 10.4 Å². The minimum atomic E-state index is -2.37. The standard InChI is InChI=1S/C12H17F2N3O2/c1-12(2,4-9(13)14)6-16-11-8(3-10(18)19)5-15-7-17-11/h5,7,9H,3-4,6H2,1-2H3,(H,18,19)(H,15,16,17). The Balaban J connectivity index is 2.69. The summed E-state index contributed by atoms with van der Waals surface area (Å²) in [5, 5.41) is 11.7. The Morgan fingerprint density at radius 1 is 1.53 bits per heavy atom. The van der Waals surface area contributed by atoms with Gasteiger partial charge >= 0.3 is 5.97 Å². The molecule has 0 aromatic carbocycles. The molecule has 0 bridgehead atoms. The fourth-order valence-corrected chi connectivity index (χ4v) is 1.62. The quantitative estimate of drug-likeness (QED) is 0.796. The van der Waals surface area contributed by atoms with Crippen molar-refractivity contribution in [2.24, 2.45) is 5.41 Å². The molecule has 1 aromatic rings. The van der Waals surface area contributed by atoms with Crippen LogP contribution in [0.4, 0.5) is 14.6 Å². The maximum Gasteiger partial charge on any atom is 0.308 e. The fourth-order valence-electron chi connectivity index (χ4n) is 1.62. The molecule has 106 valence electrons. The molecule has 0 aliphatic heterocycles. The lowest BCUT2D eigenvalue weighted by Crippen LogP contribution is -2.26. The summed E-state index contributed by atoms with van der Waals surface area (Å²) in [6.45, 7) is 3.70. The monoisotopic (exact) mass is 273 g/mol. The number of aromatic nitrogens is 2. The molecule has 19 heavy (non-hydrogen) atoms. The predicted octanol–water partition coefficient (Wildman–Crippen LogP) is 2.20.